The van der Waals surface area contributed by atoms with Gasteiger partial charge in [0, 0.05) is 27.9 Å². The minimum Gasteiger partial charge on any atom is -0.496 e. The highest BCUT2D eigenvalue weighted by Crippen LogP contribution is 2.29. The zero-order valence-corrected chi connectivity index (χ0v) is 19.7. The molecule has 1 N–H and O–H groups in total. The lowest BCUT2D eigenvalue weighted by atomic mass is 10.0. The lowest BCUT2D eigenvalue weighted by molar-refractivity contribution is 0.0194. The van der Waals surface area contributed by atoms with Gasteiger partial charge in [-0.2, -0.15) is 11.3 Å². The summed E-state index contributed by atoms with van der Waals surface area (Å²) in [5, 5.41) is 7.93. The van der Waals surface area contributed by atoms with Crippen LogP contribution in [-0.2, 0) is 17.7 Å². The van der Waals surface area contributed by atoms with Crippen molar-refractivity contribution >= 4 is 28.6 Å². The van der Waals surface area contributed by atoms with Crippen molar-refractivity contribution in [3.05, 3.63) is 56.7 Å². The van der Waals surface area contributed by atoms with Crippen LogP contribution in [0, 0.1) is 6.92 Å². The Balaban J connectivity index is 1.70. The average molecular weight is 445 g/mol. The number of rotatable bonds is 9. The second kappa shape index (κ2) is 10.2. The molecular formula is C23H28N2O3S2. The summed E-state index contributed by atoms with van der Waals surface area (Å²) < 4.78 is 11.3. The van der Waals surface area contributed by atoms with Crippen molar-refractivity contribution < 1.29 is 14.3 Å². The van der Waals surface area contributed by atoms with E-state index in [0.29, 0.717) is 12.2 Å². The van der Waals surface area contributed by atoms with E-state index >= 15 is 0 Å². The molecule has 0 aliphatic heterocycles. The summed E-state index contributed by atoms with van der Waals surface area (Å²) in [6, 6.07) is 8.08. The number of hydrogen-bond acceptors (Lipinski definition) is 6. The maximum Gasteiger partial charge on any atom is 0.271 e. The van der Waals surface area contributed by atoms with Gasteiger partial charge in [-0.1, -0.05) is 12.1 Å². The Hall–Kier alpha value is -2.22. The number of amides is 1. The third-order valence-corrected chi connectivity index (χ3v) is 6.29. The minimum atomic E-state index is -0.172. The molecule has 3 rings (SSSR count). The van der Waals surface area contributed by atoms with Crippen LogP contribution < -0.4 is 10.1 Å². The largest absolute Gasteiger partial charge is 0.496 e. The normalized spacial score (nSPS) is 12.2. The predicted molar refractivity (Wildman–Crippen MR) is 124 cm³/mol. The summed E-state index contributed by atoms with van der Waals surface area (Å²) in [7, 11) is 1.64. The monoisotopic (exact) mass is 444 g/mol. The molecule has 1 aromatic carbocycles. The van der Waals surface area contributed by atoms with Gasteiger partial charge in [-0.05, 0) is 57.2 Å². The van der Waals surface area contributed by atoms with Crippen molar-refractivity contribution in [3.8, 4) is 16.3 Å². The van der Waals surface area contributed by atoms with Crippen LogP contribution in [0.25, 0.3) is 10.6 Å². The highest BCUT2D eigenvalue weighted by molar-refractivity contribution is 7.15. The SMILES string of the molecule is COc1ccc(CC(C)OC(C)C)cc1CNC(=O)c1nc(-c2ccsc2)sc1C. The number of benzene rings is 1. The Morgan fingerprint density at radius 2 is 2.03 bits per heavy atom. The maximum atomic E-state index is 12.8. The number of methoxy groups -OCH3 is 1. The molecule has 1 amide bonds. The lowest BCUT2D eigenvalue weighted by Crippen LogP contribution is -2.24. The maximum absolute atomic E-state index is 12.8. The molecule has 1 unspecified atom stereocenters. The van der Waals surface area contributed by atoms with Gasteiger partial charge in [0.1, 0.15) is 16.5 Å². The van der Waals surface area contributed by atoms with Crippen molar-refractivity contribution in [1.82, 2.24) is 10.3 Å². The Kier molecular flexibility index (Phi) is 7.64. The first-order valence-electron chi connectivity index (χ1n) is 9.96. The Morgan fingerprint density at radius 3 is 2.70 bits per heavy atom. The van der Waals surface area contributed by atoms with Gasteiger partial charge in [-0.3, -0.25) is 4.79 Å². The van der Waals surface area contributed by atoms with Gasteiger partial charge in [0.2, 0.25) is 0 Å². The molecule has 2 heterocycles. The van der Waals surface area contributed by atoms with E-state index < -0.39 is 0 Å². The number of nitrogens with zero attached hydrogens (tertiary/aromatic N) is 1. The number of aryl methyl sites for hydroxylation is 1. The second-order valence-electron chi connectivity index (χ2n) is 7.46. The summed E-state index contributed by atoms with van der Waals surface area (Å²) in [5.41, 5.74) is 3.62. The standard InChI is InChI=1S/C23H28N2O3S2/c1-14(2)28-15(3)10-17-6-7-20(27-5)19(11-17)12-24-22(26)21-16(4)30-23(25-21)18-8-9-29-13-18/h6-9,11,13-15H,10,12H2,1-5H3,(H,24,26). The molecule has 160 valence electrons. The van der Waals surface area contributed by atoms with Crippen molar-refractivity contribution in [2.24, 2.45) is 0 Å². The lowest BCUT2D eigenvalue weighted by Gasteiger charge is -2.17. The molecule has 3 aromatic rings. The van der Waals surface area contributed by atoms with Gasteiger partial charge in [0.15, 0.2) is 0 Å². The molecule has 0 aliphatic rings. The number of thiazole rings is 1. The van der Waals surface area contributed by atoms with Crippen LogP contribution in [-0.4, -0.2) is 30.2 Å². The Morgan fingerprint density at radius 1 is 1.23 bits per heavy atom. The molecule has 2 aromatic heterocycles. The first-order valence-corrected chi connectivity index (χ1v) is 11.7. The topological polar surface area (TPSA) is 60.5 Å². The molecular weight excluding hydrogens is 416 g/mol. The summed E-state index contributed by atoms with van der Waals surface area (Å²) in [4.78, 5) is 18.2. The van der Waals surface area contributed by atoms with Crippen molar-refractivity contribution in [2.45, 2.75) is 52.9 Å². The minimum absolute atomic E-state index is 0.119. The quantitative estimate of drug-likeness (QED) is 0.475. The highest BCUT2D eigenvalue weighted by atomic mass is 32.1. The summed E-state index contributed by atoms with van der Waals surface area (Å²) in [6.45, 7) is 8.45. The van der Waals surface area contributed by atoms with E-state index in [-0.39, 0.29) is 18.1 Å². The van der Waals surface area contributed by atoms with E-state index in [9.17, 15) is 4.79 Å². The van der Waals surface area contributed by atoms with Crippen LogP contribution in [0.1, 0.15) is 47.3 Å². The Labute approximate surface area is 186 Å². The first kappa shape index (κ1) is 22.5. The highest BCUT2D eigenvalue weighted by Gasteiger charge is 2.17. The summed E-state index contributed by atoms with van der Waals surface area (Å²) >= 11 is 3.16. The van der Waals surface area contributed by atoms with E-state index in [4.69, 9.17) is 9.47 Å². The van der Waals surface area contributed by atoms with Gasteiger partial charge in [0.25, 0.3) is 5.91 Å². The van der Waals surface area contributed by atoms with Crippen LogP contribution in [0.5, 0.6) is 5.75 Å². The first-order chi connectivity index (χ1) is 14.4. The van der Waals surface area contributed by atoms with Crippen molar-refractivity contribution in [3.63, 3.8) is 0 Å². The van der Waals surface area contributed by atoms with Crippen LogP contribution in [0.3, 0.4) is 0 Å². The predicted octanol–water partition coefficient (Wildman–Crippen LogP) is 5.47. The van der Waals surface area contributed by atoms with Gasteiger partial charge in [-0.15, -0.1) is 11.3 Å². The molecule has 5 nitrogen and oxygen atoms in total. The molecule has 0 saturated heterocycles. The van der Waals surface area contributed by atoms with Gasteiger partial charge < -0.3 is 14.8 Å². The number of thiophene rings is 1. The number of ether oxygens (including phenoxy) is 2. The molecule has 0 radical (unpaired) electrons. The summed E-state index contributed by atoms with van der Waals surface area (Å²) in [5.74, 6) is 0.583. The second-order valence-corrected chi connectivity index (χ2v) is 9.45. The third-order valence-electron chi connectivity index (χ3n) is 4.59. The number of carbonyl (C=O) groups excluding carboxylic acids is 1. The zero-order chi connectivity index (χ0) is 21.7. The van der Waals surface area contributed by atoms with E-state index in [0.717, 1.165) is 38.7 Å². The summed E-state index contributed by atoms with van der Waals surface area (Å²) in [6.07, 6.45) is 1.12. The van der Waals surface area contributed by atoms with Crippen LogP contribution in [0.15, 0.2) is 35.0 Å². The fourth-order valence-electron chi connectivity index (χ4n) is 3.32. The fraction of sp³-hybridized carbons (Fsp3) is 0.391. The molecule has 1 atom stereocenters. The van der Waals surface area contributed by atoms with Crippen molar-refractivity contribution in [1.29, 1.82) is 0 Å². The van der Waals surface area contributed by atoms with E-state index in [1.807, 2.05) is 49.7 Å². The van der Waals surface area contributed by atoms with E-state index in [1.54, 1.807) is 18.4 Å². The molecule has 30 heavy (non-hydrogen) atoms. The number of carbonyl (C=O) groups is 1. The van der Waals surface area contributed by atoms with E-state index in [1.165, 1.54) is 11.3 Å². The van der Waals surface area contributed by atoms with Crippen LogP contribution in [0.2, 0.25) is 0 Å². The molecule has 0 bridgehead atoms. The van der Waals surface area contributed by atoms with Crippen LogP contribution in [0.4, 0.5) is 0 Å². The van der Waals surface area contributed by atoms with Crippen molar-refractivity contribution in [2.75, 3.05) is 7.11 Å². The molecule has 0 aliphatic carbocycles. The molecule has 0 saturated carbocycles. The smallest absolute Gasteiger partial charge is 0.271 e. The number of hydrogen-bond donors (Lipinski definition) is 1. The number of nitrogens with one attached hydrogen (secondary N) is 1. The Bertz CT molecular complexity index is 981. The molecule has 7 heteroatoms. The average Bonchev–Trinajstić information content (AvgIpc) is 3.35. The molecule has 0 fully saturated rings. The number of aromatic nitrogens is 1. The van der Waals surface area contributed by atoms with E-state index in [2.05, 4.69) is 23.3 Å². The molecule has 0 spiro atoms. The zero-order valence-electron chi connectivity index (χ0n) is 18.0. The third kappa shape index (κ3) is 5.68. The van der Waals surface area contributed by atoms with Gasteiger partial charge >= 0.3 is 0 Å². The van der Waals surface area contributed by atoms with Gasteiger partial charge in [-0.25, -0.2) is 4.98 Å². The van der Waals surface area contributed by atoms with Crippen LogP contribution >= 0.6 is 22.7 Å². The van der Waals surface area contributed by atoms with Gasteiger partial charge in [0.05, 0.1) is 19.3 Å². The fourth-order valence-corrected chi connectivity index (χ4v) is 4.94.